The van der Waals surface area contributed by atoms with Crippen molar-refractivity contribution in [2.24, 2.45) is 11.8 Å². The van der Waals surface area contributed by atoms with Crippen LogP contribution in [0.3, 0.4) is 0 Å². The lowest BCUT2D eigenvalue weighted by Gasteiger charge is -2.50. The molecule has 4 aromatic carbocycles. The lowest BCUT2D eigenvalue weighted by atomic mass is 9.71. The summed E-state index contributed by atoms with van der Waals surface area (Å²) in [5, 5.41) is 0.658. The minimum Gasteiger partial charge on any atom is -0.483 e. The van der Waals surface area contributed by atoms with Crippen LogP contribution in [0.25, 0.3) is 11.0 Å². The van der Waals surface area contributed by atoms with Crippen molar-refractivity contribution >= 4 is 22.9 Å². The number of fused-ring (bicyclic) bond motifs is 11. The van der Waals surface area contributed by atoms with Gasteiger partial charge in [0.15, 0.2) is 12.2 Å². The highest BCUT2D eigenvalue weighted by molar-refractivity contribution is 5.90. The molecule has 5 aliphatic rings. The fraction of sp³-hybridized carbons (Fsp3) is 0.411. The molecule has 332 valence electrons. The standard InChI is InChI=1S/C56H60O8/c1-35(2)46-25-20-36-18-21-39(22-19-36)47-26-23-41(40-15-11-14-38(31-40)30-37-12-7-5-8-13-37)32-44(47)34-49(57)61-52-50-48(27-24-42-33-43(28-29-60-4)54(58)62-51(42)50)64-56(3,53(52)63-55(46)59)45-16-9-6-10-17-45/h5,7-8,11-15,18-19,21-24,26-27,31,33,41,44-45,47,52-53H,6,9-10,16-17,20,25,28-30,32,34H2,1-4H3. The van der Waals surface area contributed by atoms with Crippen molar-refractivity contribution in [1.29, 1.82) is 0 Å². The molecule has 1 saturated carbocycles. The minimum atomic E-state index is -1.11. The smallest absolute Gasteiger partial charge is 0.339 e. The Morgan fingerprint density at radius 1 is 0.797 bits per heavy atom. The molecule has 64 heavy (non-hydrogen) atoms. The molecule has 5 aromatic rings. The fourth-order valence-corrected chi connectivity index (χ4v) is 10.9. The first-order chi connectivity index (χ1) is 31.1. The van der Waals surface area contributed by atoms with Gasteiger partial charge in [-0.3, -0.25) is 4.79 Å². The SMILES string of the molecule is COCCc1cc2ccc3c(c2oc1=O)C1OC(=O)CC2CC(c4cccc(Cc5ccccc5)c4)C=CC2c2ccc(cc2)CCC(=C(C)C)C(=O)OC1C(C)(C1CCCCC1)O3. The molecule has 10 rings (SSSR count). The van der Waals surface area contributed by atoms with E-state index in [0.717, 1.165) is 61.6 Å². The second-order valence-corrected chi connectivity index (χ2v) is 18.9. The van der Waals surface area contributed by atoms with Crippen molar-refractivity contribution in [2.75, 3.05) is 13.7 Å². The van der Waals surface area contributed by atoms with E-state index in [1.54, 1.807) is 7.11 Å². The van der Waals surface area contributed by atoms with E-state index in [1.165, 1.54) is 16.7 Å². The number of rotatable bonds is 7. The zero-order chi connectivity index (χ0) is 44.4. The van der Waals surface area contributed by atoms with Crippen molar-refractivity contribution < 1.29 is 33.0 Å². The Hall–Kier alpha value is -5.73. The number of hydrogen-bond acceptors (Lipinski definition) is 8. The van der Waals surface area contributed by atoms with Gasteiger partial charge in [0.25, 0.3) is 0 Å². The van der Waals surface area contributed by atoms with Crippen molar-refractivity contribution in [1.82, 2.24) is 0 Å². The summed E-state index contributed by atoms with van der Waals surface area (Å²) in [5.41, 5.74) is 7.03. The number of esters is 2. The van der Waals surface area contributed by atoms with Crippen molar-refractivity contribution in [3.8, 4) is 5.75 Å². The third kappa shape index (κ3) is 8.99. The topological polar surface area (TPSA) is 101 Å². The highest BCUT2D eigenvalue weighted by Gasteiger charge is 2.56. The van der Waals surface area contributed by atoms with Gasteiger partial charge in [-0.05, 0) is 111 Å². The molecule has 6 unspecified atom stereocenters. The molecule has 8 heteroatoms. The molecule has 0 amide bonds. The molecule has 3 aliphatic heterocycles. The zero-order valence-electron chi connectivity index (χ0n) is 37.6. The van der Waals surface area contributed by atoms with Gasteiger partial charge in [-0.2, -0.15) is 0 Å². The average Bonchev–Trinajstić information content (AvgIpc) is 3.30. The highest BCUT2D eigenvalue weighted by Crippen LogP contribution is 2.52. The summed E-state index contributed by atoms with van der Waals surface area (Å²) in [5.74, 6) is -0.429. The predicted octanol–water partition coefficient (Wildman–Crippen LogP) is 11.6. The van der Waals surface area contributed by atoms with E-state index in [4.69, 9.17) is 23.4 Å². The number of allylic oxidation sites excluding steroid dienone is 3. The summed E-state index contributed by atoms with van der Waals surface area (Å²) >= 11 is 0. The molecule has 0 N–H and O–H groups in total. The molecule has 1 aromatic heterocycles. The maximum Gasteiger partial charge on any atom is 0.339 e. The second-order valence-electron chi connectivity index (χ2n) is 18.9. The first-order valence-electron chi connectivity index (χ1n) is 23.3. The summed E-state index contributed by atoms with van der Waals surface area (Å²) < 4.78 is 32.2. The summed E-state index contributed by atoms with van der Waals surface area (Å²) in [6.45, 7) is 6.25. The van der Waals surface area contributed by atoms with Gasteiger partial charge in [0.05, 0.1) is 12.2 Å². The van der Waals surface area contributed by atoms with Crippen LogP contribution in [0.5, 0.6) is 5.75 Å². The highest BCUT2D eigenvalue weighted by atomic mass is 16.6. The molecular formula is C56H60O8. The van der Waals surface area contributed by atoms with Gasteiger partial charge in [0.2, 0.25) is 0 Å². The quantitative estimate of drug-likeness (QED) is 0.0690. The summed E-state index contributed by atoms with van der Waals surface area (Å²) in [6.07, 6.45) is 10.6. The number of aryl methyl sites for hydroxylation is 1. The Balaban J connectivity index is 1.14. The van der Waals surface area contributed by atoms with E-state index in [-0.39, 0.29) is 35.7 Å². The molecular weight excluding hydrogens is 801 g/mol. The van der Waals surface area contributed by atoms with Crippen LogP contribution in [0.15, 0.2) is 130 Å². The van der Waals surface area contributed by atoms with E-state index in [0.29, 0.717) is 53.7 Å². The summed E-state index contributed by atoms with van der Waals surface area (Å²) in [7, 11) is 1.60. The number of methoxy groups -OCH3 is 1. The molecule has 0 saturated heterocycles. The van der Waals surface area contributed by atoms with Crippen molar-refractivity contribution in [3.63, 3.8) is 0 Å². The van der Waals surface area contributed by atoms with Crippen LogP contribution in [0, 0.1) is 11.8 Å². The van der Waals surface area contributed by atoms with E-state index < -0.39 is 35.4 Å². The van der Waals surface area contributed by atoms with Crippen molar-refractivity contribution in [2.45, 2.75) is 121 Å². The third-order valence-electron chi connectivity index (χ3n) is 14.5. The van der Waals surface area contributed by atoms with Crippen LogP contribution < -0.4 is 10.4 Å². The van der Waals surface area contributed by atoms with Gasteiger partial charge < -0.3 is 23.4 Å². The molecule has 6 atom stereocenters. The number of benzene rings is 4. The minimum absolute atomic E-state index is 0.0116. The van der Waals surface area contributed by atoms with Crippen LogP contribution in [0.2, 0.25) is 0 Å². The Bertz CT molecular complexity index is 2610. The van der Waals surface area contributed by atoms with E-state index in [2.05, 4.69) is 84.9 Å². The zero-order valence-corrected chi connectivity index (χ0v) is 37.6. The molecule has 8 nitrogen and oxygen atoms in total. The van der Waals surface area contributed by atoms with Gasteiger partial charge in [-0.1, -0.05) is 116 Å². The number of carbonyl (C=O) groups is 2. The lowest BCUT2D eigenvalue weighted by molar-refractivity contribution is -0.201. The Kier molecular flexibility index (Phi) is 12.8. The van der Waals surface area contributed by atoms with Crippen LogP contribution >= 0.6 is 0 Å². The molecule has 1 fully saturated rings. The van der Waals surface area contributed by atoms with E-state index in [1.807, 2.05) is 45.0 Å². The largest absolute Gasteiger partial charge is 0.483 e. The summed E-state index contributed by atoms with van der Waals surface area (Å²) in [6, 6.07) is 33.5. The molecule has 0 radical (unpaired) electrons. The maximum absolute atomic E-state index is 15.0. The van der Waals surface area contributed by atoms with Crippen LogP contribution in [0.1, 0.15) is 129 Å². The number of hydrogen-bond donors (Lipinski definition) is 0. The number of carbonyl (C=O) groups excluding carboxylic acids is 2. The van der Waals surface area contributed by atoms with Gasteiger partial charge in [-0.15, -0.1) is 0 Å². The predicted molar refractivity (Wildman–Crippen MR) is 249 cm³/mol. The van der Waals surface area contributed by atoms with Gasteiger partial charge in [0, 0.05) is 54.2 Å². The normalized spacial score (nSPS) is 25.1. The Morgan fingerprint density at radius 2 is 1.58 bits per heavy atom. The first kappa shape index (κ1) is 43.5. The van der Waals surface area contributed by atoms with E-state index >= 15 is 4.79 Å². The van der Waals surface area contributed by atoms with Crippen LogP contribution in [-0.4, -0.2) is 37.4 Å². The Labute approximate surface area is 376 Å². The molecule has 2 aliphatic carbocycles. The van der Waals surface area contributed by atoms with Crippen molar-refractivity contribution in [3.05, 3.63) is 170 Å². The number of ether oxygens (including phenoxy) is 4. The maximum atomic E-state index is 15.0. The van der Waals surface area contributed by atoms with Gasteiger partial charge in [0.1, 0.15) is 16.9 Å². The van der Waals surface area contributed by atoms with Crippen LogP contribution in [0.4, 0.5) is 0 Å². The third-order valence-corrected chi connectivity index (χ3v) is 14.5. The van der Waals surface area contributed by atoms with Gasteiger partial charge >= 0.3 is 17.6 Å². The molecule has 4 heterocycles. The second kappa shape index (κ2) is 18.8. The van der Waals surface area contributed by atoms with Gasteiger partial charge in [-0.25, -0.2) is 9.59 Å². The molecule has 0 spiro atoms. The lowest BCUT2D eigenvalue weighted by Crippen LogP contribution is -2.58. The monoisotopic (exact) mass is 860 g/mol. The van der Waals surface area contributed by atoms with Crippen LogP contribution in [-0.2, 0) is 43.1 Å². The molecule has 2 bridgehead atoms. The van der Waals surface area contributed by atoms with E-state index in [9.17, 15) is 9.59 Å². The fourth-order valence-electron chi connectivity index (χ4n) is 10.9. The first-order valence-corrected chi connectivity index (χ1v) is 23.3. The Morgan fingerprint density at radius 3 is 2.34 bits per heavy atom. The summed E-state index contributed by atoms with van der Waals surface area (Å²) in [4.78, 5) is 43.4. The average molecular weight is 861 g/mol.